The maximum absolute atomic E-state index is 4.62. The van der Waals surface area contributed by atoms with Crippen LogP contribution in [-0.4, -0.2) is 32.5 Å². The van der Waals surface area contributed by atoms with E-state index < -0.39 is 0 Å². The first-order valence-electron chi connectivity index (χ1n) is 8.01. The van der Waals surface area contributed by atoms with Crippen LogP contribution in [0.5, 0.6) is 0 Å². The van der Waals surface area contributed by atoms with Crippen molar-refractivity contribution in [3.63, 3.8) is 0 Å². The van der Waals surface area contributed by atoms with Crippen molar-refractivity contribution < 1.29 is 0 Å². The zero-order valence-corrected chi connectivity index (χ0v) is 12.8. The maximum atomic E-state index is 4.62. The number of aromatic nitrogens is 4. The highest BCUT2D eigenvalue weighted by molar-refractivity contribution is 5.83. The van der Waals surface area contributed by atoms with Gasteiger partial charge in [-0.05, 0) is 25.2 Å². The minimum atomic E-state index is 0.470. The molecule has 114 valence electrons. The Labute approximate surface area is 125 Å². The SMILES string of the molecule is CCCNc1nc(NC(CC)CC2CC2)c2[nH]cnc2n1. The lowest BCUT2D eigenvalue weighted by Gasteiger charge is -2.18. The fraction of sp³-hybridized carbons (Fsp3) is 0.667. The van der Waals surface area contributed by atoms with Crippen LogP contribution in [0.15, 0.2) is 6.33 Å². The van der Waals surface area contributed by atoms with Crippen molar-refractivity contribution in [1.29, 1.82) is 0 Å². The van der Waals surface area contributed by atoms with Gasteiger partial charge in [0.1, 0.15) is 5.52 Å². The van der Waals surface area contributed by atoms with E-state index in [9.17, 15) is 0 Å². The number of nitrogens with zero attached hydrogens (tertiary/aromatic N) is 3. The molecule has 3 N–H and O–H groups in total. The molecule has 1 unspecified atom stereocenters. The first kappa shape index (κ1) is 14.1. The van der Waals surface area contributed by atoms with Gasteiger partial charge in [-0.15, -0.1) is 0 Å². The molecule has 0 bridgehead atoms. The summed E-state index contributed by atoms with van der Waals surface area (Å²) in [5, 5.41) is 6.83. The average molecular weight is 288 g/mol. The maximum Gasteiger partial charge on any atom is 0.226 e. The molecule has 0 saturated heterocycles. The van der Waals surface area contributed by atoms with Gasteiger partial charge in [0.2, 0.25) is 5.95 Å². The normalized spacial score (nSPS) is 16.1. The predicted octanol–water partition coefficient (Wildman–Crippen LogP) is 3.17. The van der Waals surface area contributed by atoms with Gasteiger partial charge in [-0.25, -0.2) is 4.98 Å². The first-order chi connectivity index (χ1) is 10.3. The number of rotatable bonds is 8. The average Bonchev–Trinajstić information content (AvgIpc) is 3.18. The van der Waals surface area contributed by atoms with Gasteiger partial charge in [0.25, 0.3) is 0 Å². The number of aromatic amines is 1. The van der Waals surface area contributed by atoms with E-state index in [1.165, 1.54) is 19.3 Å². The van der Waals surface area contributed by atoms with E-state index in [2.05, 4.69) is 44.4 Å². The third-order valence-electron chi connectivity index (χ3n) is 3.97. The Hall–Kier alpha value is -1.85. The molecule has 0 radical (unpaired) electrons. The summed E-state index contributed by atoms with van der Waals surface area (Å²) in [6.45, 7) is 5.22. The molecule has 0 spiro atoms. The molecule has 0 amide bonds. The molecule has 1 aliphatic rings. The molecule has 2 aromatic heterocycles. The summed E-state index contributed by atoms with van der Waals surface area (Å²) in [5.41, 5.74) is 1.61. The van der Waals surface area contributed by atoms with Crippen LogP contribution in [0.4, 0.5) is 11.8 Å². The summed E-state index contributed by atoms with van der Waals surface area (Å²) in [5.74, 6) is 2.42. The molecular formula is C15H24N6. The summed E-state index contributed by atoms with van der Waals surface area (Å²) < 4.78 is 0. The van der Waals surface area contributed by atoms with Gasteiger partial charge in [-0.1, -0.05) is 26.7 Å². The second-order valence-electron chi connectivity index (χ2n) is 5.85. The molecule has 1 saturated carbocycles. The number of imidazole rings is 1. The molecule has 0 aliphatic heterocycles. The summed E-state index contributed by atoms with van der Waals surface area (Å²) in [6.07, 6.45) is 7.82. The lowest BCUT2D eigenvalue weighted by Crippen LogP contribution is -2.20. The number of H-pyrrole nitrogens is 1. The van der Waals surface area contributed by atoms with Crippen LogP contribution in [0.3, 0.4) is 0 Å². The summed E-state index contributed by atoms with van der Waals surface area (Å²) >= 11 is 0. The number of hydrogen-bond acceptors (Lipinski definition) is 5. The molecule has 3 rings (SSSR count). The monoisotopic (exact) mass is 288 g/mol. The second-order valence-corrected chi connectivity index (χ2v) is 5.85. The number of nitrogens with one attached hydrogen (secondary N) is 3. The van der Waals surface area contributed by atoms with Crippen LogP contribution in [0.25, 0.3) is 11.2 Å². The largest absolute Gasteiger partial charge is 0.365 e. The lowest BCUT2D eigenvalue weighted by atomic mass is 10.1. The van der Waals surface area contributed by atoms with Crippen molar-refractivity contribution in [2.75, 3.05) is 17.2 Å². The van der Waals surface area contributed by atoms with Crippen molar-refractivity contribution in [3.8, 4) is 0 Å². The zero-order valence-electron chi connectivity index (χ0n) is 12.8. The molecule has 0 aromatic carbocycles. The third kappa shape index (κ3) is 3.43. The van der Waals surface area contributed by atoms with Crippen LogP contribution in [-0.2, 0) is 0 Å². The van der Waals surface area contributed by atoms with E-state index in [0.717, 1.165) is 36.6 Å². The molecule has 2 aromatic rings. The molecule has 1 atom stereocenters. The highest BCUT2D eigenvalue weighted by Crippen LogP contribution is 2.35. The molecule has 1 aliphatic carbocycles. The molecular weight excluding hydrogens is 264 g/mol. The molecule has 21 heavy (non-hydrogen) atoms. The smallest absolute Gasteiger partial charge is 0.226 e. The number of hydrogen-bond donors (Lipinski definition) is 3. The Bertz CT molecular complexity index is 589. The van der Waals surface area contributed by atoms with Crippen LogP contribution in [0.1, 0.15) is 46.0 Å². The van der Waals surface area contributed by atoms with E-state index in [0.29, 0.717) is 17.6 Å². The van der Waals surface area contributed by atoms with Crippen molar-refractivity contribution in [3.05, 3.63) is 6.33 Å². The first-order valence-corrected chi connectivity index (χ1v) is 8.01. The molecule has 2 heterocycles. The molecule has 1 fully saturated rings. The Morgan fingerprint density at radius 3 is 2.90 bits per heavy atom. The quantitative estimate of drug-likeness (QED) is 0.695. The van der Waals surface area contributed by atoms with E-state index in [-0.39, 0.29) is 0 Å². The highest BCUT2D eigenvalue weighted by atomic mass is 15.2. The second kappa shape index (κ2) is 6.28. The van der Waals surface area contributed by atoms with Crippen molar-refractivity contribution in [2.24, 2.45) is 5.92 Å². The highest BCUT2D eigenvalue weighted by Gasteiger charge is 2.25. The Kier molecular flexibility index (Phi) is 4.22. The Balaban J connectivity index is 1.82. The van der Waals surface area contributed by atoms with Gasteiger partial charge in [-0.3, -0.25) is 0 Å². The van der Waals surface area contributed by atoms with Gasteiger partial charge < -0.3 is 15.6 Å². The minimum Gasteiger partial charge on any atom is -0.365 e. The summed E-state index contributed by atoms with van der Waals surface area (Å²) in [7, 11) is 0. The fourth-order valence-corrected chi connectivity index (χ4v) is 2.53. The van der Waals surface area contributed by atoms with E-state index in [4.69, 9.17) is 0 Å². The van der Waals surface area contributed by atoms with Gasteiger partial charge in [-0.2, -0.15) is 9.97 Å². The van der Waals surface area contributed by atoms with Gasteiger partial charge in [0, 0.05) is 12.6 Å². The van der Waals surface area contributed by atoms with Crippen LogP contribution < -0.4 is 10.6 Å². The van der Waals surface area contributed by atoms with Gasteiger partial charge >= 0.3 is 0 Å². The standard InChI is InChI=1S/C15H24N6/c1-3-7-16-15-20-13-12(17-9-18-13)14(21-15)19-11(4-2)8-10-5-6-10/h9-11H,3-8H2,1-2H3,(H3,16,17,18,19,20,21). The number of fused-ring (bicyclic) bond motifs is 1. The van der Waals surface area contributed by atoms with Crippen molar-refractivity contribution in [1.82, 2.24) is 19.9 Å². The van der Waals surface area contributed by atoms with E-state index in [1.807, 2.05) is 0 Å². The fourth-order valence-electron chi connectivity index (χ4n) is 2.53. The Morgan fingerprint density at radius 1 is 1.33 bits per heavy atom. The van der Waals surface area contributed by atoms with E-state index >= 15 is 0 Å². The summed E-state index contributed by atoms with van der Waals surface area (Å²) in [6, 6.07) is 0.470. The van der Waals surface area contributed by atoms with E-state index in [1.54, 1.807) is 6.33 Å². The van der Waals surface area contributed by atoms with Crippen LogP contribution >= 0.6 is 0 Å². The van der Waals surface area contributed by atoms with Crippen molar-refractivity contribution >= 4 is 22.9 Å². The van der Waals surface area contributed by atoms with Crippen LogP contribution in [0, 0.1) is 5.92 Å². The minimum absolute atomic E-state index is 0.470. The third-order valence-corrected chi connectivity index (χ3v) is 3.97. The van der Waals surface area contributed by atoms with Gasteiger partial charge in [0.15, 0.2) is 11.5 Å². The molecule has 6 nitrogen and oxygen atoms in total. The van der Waals surface area contributed by atoms with Gasteiger partial charge in [0.05, 0.1) is 6.33 Å². The summed E-state index contributed by atoms with van der Waals surface area (Å²) in [4.78, 5) is 16.5. The predicted molar refractivity (Wildman–Crippen MR) is 85.5 cm³/mol. The lowest BCUT2D eigenvalue weighted by molar-refractivity contribution is 0.585. The topological polar surface area (TPSA) is 78.5 Å². The molecule has 6 heteroatoms. The zero-order chi connectivity index (χ0) is 14.7. The Morgan fingerprint density at radius 2 is 2.19 bits per heavy atom. The van der Waals surface area contributed by atoms with Crippen LogP contribution in [0.2, 0.25) is 0 Å². The number of anilines is 2. The van der Waals surface area contributed by atoms with Crippen molar-refractivity contribution in [2.45, 2.75) is 52.0 Å².